The van der Waals surface area contributed by atoms with Gasteiger partial charge in [0.25, 0.3) is 0 Å². The molecule has 3 rings (SSSR count). The van der Waals surface area contributed by atoms with Crippen molar-refractivity contribution < 1.29 is 14.3 Å². The van der Waals surface area contributed by atoms with Crippen LogP contribution in [0, 0.1) is 5.92 Å². The minimum absolute atomic E-state index is 0.0692. The molecule has 1 saturated heterocycles. The Bertz CT molecular complexity index is 743. The van der Waals surface area contributed by atoms with Crippen LogP contribution in [0.15, 0.2) is 36.5 Å². The SMILES string of the molecule is C[C@@H]1C[C@@H](C(=O)Nc2ccc(Cl)cc2C(=O)c2ccc[nH]2)CCO1. The number of hydrogen-bond acceptors (Lipinski definition) is 3. The van der Waals surface area contributed by atoms with Gasteiger partial charge >= 0.3 is 0 Å². The molecular formula is C18H19ClN2O3. The molecule has 2 heterocycles. The second-order valence-corrected chi connectivity index (χ2v) is 6.43. The number of carbonyl (C=O) groups is 2. The Hall–Kier alpha value is -2.11. The van der Waals surface area contributed by atoms with Gasteiger partial charge in [-0.3, -0.25) is 9.59 Å². The molecule has 0 bridgehead atoms. The highest BCUT2D eigenvalue weighted by Crippen LogP contribution is 2.26. The summed E-state index contributed by atoms with van der Waals surface area (Å²) in [7, 11) is 0. The molecular weight excluding hydrogens is 328 g/mol. The summed E-state index contributed by atoms with van der Waals surface area (Å²) in [6.07, 6.45) is 3.11. The number of carbonyl (C=O) groups excluding carboxylic acids is 2. The van der Waals surface area contributed by atoms with Crippen LogP contribution < -0.4 is 5.32 Å². The maximum absolute atomic E-state index is 12.6. The van der Waals surface area contributed by atoms with Crippen LogP contribution in [0.4, 0.5) is 5.69 Å². The highest BCUT2D eigenvalue weighted by Gasteiger charge is 2.26. The third-order valence-electron chi connectivity index (χ3n) is 4.18. The normalized spacial score (nSPS) is 20.6. The zero-order chi connectivity index (χ0) is 17.1. The third-order valence-corrected chi connectivity index (χ3v) is 4.42. The molecule has 0 spiro atoms. The number of hydrogen-bond donors (Lipinski definition) is 2. The first-order valence-corrected chi connectivity index (χ1v) is 8.32. The molecule has 0 unspecified atom stereocenters. The first kappa shape index (κ1) is 16.7. The van der Waals surface area contributed by atoms with Gasteiger partial charge < -0.3 is 15.0 Å². The highest BCUT2D eigenvalue weighted by atomic mass is 35.5. The molecule has 1 aliphatic rings. The van der Waals surface area contributed by atoms with Crippen LogP contribution in [0.1, 0.15) is 35.8 Å². The van der Waals surface area contributed by atoms with Gasteiger partial charge in [-0.2, -0.15) is 0 Å². The Morgan fingerprint density at radius 3 is 2.88 bits per heavy atom. The Morgan fingerprint density at radius 2 is 2.17 bits per heavy atom. The third kappa shape index (κ3) is 3.68. The van der Waals surface area contributed by atoms with Crippen molar-refractivity contribution in [2.45, 2.75) is 25.9 Å². The fourth-order valence-corrected chi connectivity index (χ4v) is 3.07. The molecule has 5 nitrogen and oxygen atoms in total. The Labute approximate surface area is 145 Å². The molecule has 2 aromatic rings. The van der Waals surface area contributed by atoms with Crippen molar-refractivity contribution in [1.29, 1.82) is 0 Å². The van der Waals surface area contributed by atoms with Crippen LogP contribution in [0.25, 0.3) is 0 Å². The van der Waals surface area contributed by atoms with Crippen LogP contribution in [-0.2, 0) is 9.53 Å². The van der Waals surface area contributed by atoms with E-state index in [1.165, 1.54) is 0 Å². The average molecular weight is 347 g/mol. The standard InChI is InChI=1S/C18H19ClN2O3/c1-11-9-12(6-8-24-11)18(23)21-15-5-4-13(19)10-14(15)17(22)16-3-2-7-20-16/h2-5,7,10-12,20H,6,8-9H2,1H3,(H,21,23)/t11-,12+/m1/s1. The minimum atomic E-state index is -0.210. The quantitative estimate of drug-likeness (QED) is 0.830. The molecule has 2 atom stereocenters. The number of ether oxygens (including phenoxy) is 1. The van der Waals surface area contributed by atoms with E-state index in [0.717, 1.165) is 0 Å². The first-order valence-electron chi connectivity index (χ1n) is 7.94. The van der Waals surface area contributed by atoms with Gasteiger partial charge in [-0.15, -0.1) is 0 Å². The molecule has 0 aliphatic carbocycles. The van der Waals surface area contributed by atoms with E-state index < -0.39 is 0 Å². The van der Waals surface area contributed by atoms with Crippen LogP contribution in [0.2, 0.25) is 5.02 Å². The Morgan fingerprint density at radius 1 is 1.33 bits per heavy atom. The van der Waals surface area contributed by atoms with Gasteiger partial charge in [0, 0.05) is 29.3 Å². The second-order valence-electron chi connectivity index (χ2n) is 5.99. The summed E-state index contributed by atoms with van der Waals surface area (Å²) in [6, 6.07) is 8.34. The second kappa shape index (κ2) is 7.20. The van der Waals surface area contributed by atoms with Crippen molar-refractivity contribution in [3.63, 3.8) is 0 Å². The summed E-state index contributed by atoms with van der Waals surface area (Å²) in [4.78, 5) is 28.1. The van der Waals surface area contributed by atoms with E-state index in [0.29, 0.717) is 41.4 Å². The molecule has 126 valence electrons. The molecule has 1 fully saturated rings. The minimum Gasteiger partial charge on any atom is -0.378 e. The van der Waals surface area contributed by atoms with Gasteiger partial charge in [-0.25, -0.2) is 0 Å². The lowest BCUT2D eigenvalue weighted by Crippen LogP contribution is -2.32. The summed E-state index contributed by atoms with van der Waals surface area (Å²) in [5.74, 6) is -0.413. The molecule has 6 heteroatoms. The van der Waals surface area contributed by atoms with E-state index in [-0.39, 0.29) is 23.7 Å². The lowest BCUT2D eigenvalue weighted by atomic mass is 9.95. The van der Waals surface area contributed by atoms with Crippen LogP contribution in [-0.4, -0.2) is 29.4 Å². The van der Waals surface area contributed by atoms with Crippen molar-refractivity contribution in [3.8, 4) is 0 Å². The lowest BCUT2D eigenvalue weighted by Gasteiger charge is -2.26. The van der Waals surface area contributed by atoms with Crippen LogP contribution >= 0.6 is 11.6 Å². The number of nitrogens with one attached hydrogen (secondary N) is 2. The average Bonchev–Trinajstić information content (AvgIpc) is 3.10. The van der Waals surface area contributed by atoms with E-state index in [1.807, 2.05) is 6.92 Å². The predicted molar refractivity (Wildman–Crippen MR) is 92.4 cm³/mol. The maximum atomic E-state index is 12.6. The molecule has 1 aromatic heterocycles. The molecule has 2 N–H and O–H groups in total. The number of H-pyrrole nitrogens is 1. The number of aromatic nitrogens is 1. The van der Waals surface area contributed by atoms with E-state index in [1.54, 1.807) is 36.5 Å². The number of aromatic amines is 1. The number of rotatable bonds is 4. The fraction of sp³-hybridized carbons (Fsp3) is 0.333. The van der Waals surface area contributed by atoms with Crippen molar-refractivity contribution in [2.75, 3.05) is 11.9 Å². The summed E-state index contributed by atoms with van der Waals surface area (Å²) in [5.41, 5.74) is 1.30. The first-order chi connectivity index (χ1) is 11.5. The monoisotopic (exact) mass is 346 g/mol. The molecule has 0 radical (unpaired) electrons. The van der Waals surface area contributed by atoms with E-state index in [2.05, 4.69) is 10.3 Å². The van der Waals surface area contributed by atoms with Gasteiger partial charge in [0.05, 0.1) is 17.5 Å². The molecule has 0 saturated carbocycles. The highest BCUT2D eigenvalue weighted by molar-refractivity contribution is 6.31. The fourth-order valence-electron chi connectivity index (χ4n) is 2.90. The summed E-state index contributed by atoms with van der Waals surface area (Å²) in [5, 5.41) is 3.33. The Kier molecular flexibility index (Phi) is 5.02. The van der Waals surface area contributed by atoms with Crippen LogP contribution in [0.3, 0.4) is 0 Å². The van der Waals surface area contributed by atoms with Gasteiger partial charge in [0.1, 0.15) is 0 Å². The predicted octanol–water partition coefficient (Wildman–Crippen LogP) is 3.65. The van der Waals surface area contributed by atoms with Crippen molar-refractivity contribution >= 4 is 29.0 Å². The summed E-state index contributed by atoms with van der Waals surface area (Å²) in [6.45, 7) is 2.54. The van der Waals surface area contributed by atoms with E-state index in [9.17, 15) is 9.59 Å². The number of anilines is 1. The van der Waals surface area contributed by atoms with E-state index >= 15 is 0 Å². The number of benzene rings is 1. The number of amides is 1. The van der Waals surface area contributed by atoms with Gasteiger partial charge in [0.2, 0.25) is 11.7 Å². The molecule has 1 aromatic carbocycles. The van der Waals surface area contributed by atoms with Gasteiger partial charge in [-0.1, -0.05) is 11.6 Å². The van der Waals surface area contributed by atoms with Crippen molar-refractivity contribution in [2.24, 2.45) is 5.92 Å². The zero-order valence-electron chi connectivity index (χ0n) is 13.3. The van der Waals surface area contributed by atoms with Crippen molar-refractivity contribution in [1.82, 2.24) is 4.98 Å². The summed E-state index contributed by atoms with van der Waals surface area (Å²) < 4.78 is 5.48. The van der Waals surface area contributed by atoms with Crippen LogP contribution in [0.5, 0.6) is 0 Å². The summed E-state index contributed by atoms with van der Waals surface area (Å²) >= 11 is 6.03. The topological polar surface area (TPSA) is 71.2 Å². The van der Waals surface area contributed by atoms with Crippen molar-refractivity contribution in [3.05, 3.63) is 52.8 Å². The lowest BCUT2D eigenvalue weighted by molar-refractivity contribution is -0.124. The molecule has 1 amide bonds. The number of ketones is 1. The molecule has 24 heavy (non-hydrogen) atoms. The molecule has 1 aliphatic heterocycles. The van der Waals surface area contributed by atoms with Gasteiger partial charge in [0.15, 0.2) is 0 Å². The van der Waals surface area contributed by atoms with E-state index in [4.69, 9.17) is 16.3 Å². The number of halogens is 1. The maximum Gasteiger partial charge on any atom is 0.227 e. The Balaban J connectivity index is 1.83. The van der Waals surface area contributed by atoms with Gasteiger partial charge in [-0.05, 0) is 50.1 Å². The zero-order valence-corrected chi connectivity index (χ0v) is 14.1. The largest absolute Gasteiger partial charge is 0.378 e. The smallest absolute Gasteiger partial charge is 0.227 e.